The Bertz CT molecular complexity index is 357. The summed E-state index contributed by atoms with van der Waals surface area (Å²) in [4.78, 5) is 2.14. The maximum absolute atomic E-state index is 9.01. The van der Waals surface area contributed by atoms with Crippen LogP contribution >= 0.6 is 11.6 Å². The normalized spacial score (nSPS) is 11.6. The fourth-order valence-electron chi connectivity index (χ4n) is 1.76. The van der Waals surface area contributed by atoms with Gasteiger partial charge in [-0.2, -0.15) is 0 Å². The van der Waals surface area contributed by atoms with E-state index in [0.29, 0.717) is 5.02 Å². The monoisotopic (exact) mass is 241 g/mol. The van der Waals surface area contributed by atoms with Crippen LogP contribution < -0.4 is 4.90 Å². The van der Waals surface area contributed by atoms with Crippen molar-refractivity contribution in [3.8, 4) is 0 Å². The third-order valence-corrected chi connectivity index (χ3v) is 2.62. The van der Waals surface area contributed by atoms with Gasteiger partial charge in [0.05, 0.1) is 17.3 Å². The van der Waals surface area contributed by atoms with Crippen LogP contribution in [0.1, 0.15) is 26.3 Å². The Balaban J connectivity index is 2.88. The van der Waals surface area contributed by atoms with Gasteiger partial charge in [-0.25, -0.2) is 0 Å². The van der Waals surface area contributed by atoms with Crippen molar-refractivity contribution < 1.29 is 5.11 Å². The molecule has 3 heteroatoms. The lowest BCUT2D eigenvalue weighted by molar-refractivity contribution is 0.282. The zero-order valence-electron chi connectivity index (χ0n) is 10.4. The molecule has 0 aromatic heterocycles. The van der Waals surface area contributed by atoms with Gasteiger partial charge < -0.3 is 10.0 Å². The van der Waals surface area contributed by atoms with Crippen molar-refractivity contribution in [2.75, 3.05) is 18.5 Å². The molecular formula is C13H20ClNO. The van der Waals surface area contributed by atoms with Gasteiger partial charge in [-0.1, -0.05) is 38.4 Å². The number of hydrogen-bond donors (Lipinski definition) is 1. The summed E-state index contributed by atoms with van der Waals surface area (Å²) in [5, 5.41) is 9.70. The van der Waals surface area contributed by atoms with E-state index in [1.165, 1.54) is 0 Å². The summed E-state index contributed by atoms with van der Waals surface area (Å²) in [6.07, 6.45) is 0. The molecule has 0 saturated heterocycles. The third-order valence-electron chi connectivity index (χ3n) is 2.32. The van der Waals surface area contributed by atoms with Crippen LogP contribution in [-0.2, 0) is 6.61 Å². The molecule has 0 radical (unpaired) electrons. The molecule has 0 unspecified atom stereocenters. The van der Waals surface area contributed by atoms with E-state index in [1.54, 1.807) is 0 Å². The Labute approximate surface area is 103 Å². The zero-order valence-corrected chi connectivity index (χ0v) is 11.2. The van der Waals surface area contributed by atoms with E-state index in [9.17, 15) is 0 Å². The van der Waals surface area contributed by atoms with Crippen LogP contribution in [0.15, 0.2) is 18.2 Å². The molecule has 1 aromatic rings. The Morgan fingerprint density at radius 3 is 2.38 bits per heavy atom. The molecule has 0 aliphatic carbocycles. The molecule has 0 heterocycles. The van der Waals surface area contributed by atoms with Crippen LogP contribution in [0.5, 0.6) is 0 Å². The average molecular weight is 242 g/mol. The molecule has 0 saturated carbocycles. The number of hydrogen-bond acceptors (Lipinski definition) is 2. The van der Waals surface area contributed by atoms with Crippen molar-refractivity contribution in [3.05, 3.63) is 28.8 Å². The predicted octanol–water partition coefficient (Wildman–Crippen LogP) is 3.31. The molecule has 1 rings (SSSR count). The minimum atomic E-state index is 0.0307. The summed E-state index contributed by atoms with van der Waals surface area (Å²) in [7, 11) is 2.03. The number of aliphatic hydroxyl groups excluding tert-OH is 1. The van der Waals surface area contributed by atoms with E-state index in [0.717, 1.165) is 17.8 Å². The van der Waals surface area contributed by atoms with E-state index in [-0.39, 0.29) is 12.0 Å². The first-order valence-corrected chi connectivity index (χ1v) is 5.82. The largest absolute Gasteiger partial charge is 0.392 e. The first kappa shape index (κ1) is 13.3. The second kappa shape index (κ2) is 5.07. The maximum atomic E-state index is 9.01. The molecule has 16 heavy (non-hydrogen) atoms. The lowest BCUT2D eigenvalue weighted by Crippen LogP contribution is -2.29. The topological polar surface area (TPSA) is 23.5 Å². The van der Waals surface area contributed by atoms with Crippen molar-refractivity contribution in [1.82, 2.24) is 0 Å². The van der Waals surface area contributed by atoms with Crippen molar-refractivity contribution in [2.45, 2.75) is 27.4 Å². The zero-order chi connectivity index (χ0) is 12.3. The highest BCUT2D eigenvalue weighted by Crippen LogP contribution is 2.28. The molecule has 0 aliphatic rings. The third kappa shape index (κ3) is 3.69. The smallest absolute Gasteiger partial charge is 0.0682 e. The van der Waals surface area contributed by atoms with E-state index < -0.39 is 0 Å². The Morgan fingerprint density at radius 1 is 1.31 bits per heavy atom. The minimum absolute atomic E-state index is 0.0307. The van der Waals surface area contributed by atoms with Gasteiger partial charge in [0.1, 0.15) is 0 Å². The summed E-state index contributed by atoms with van der Waals surface area (Å²) in [6.45, 7) is 7.55. The van der Waals surface area contributed by atoms with Crippen LogP contribution in [0.2, 0.25) is 5.02 Å². The molecule has 2 nitrogen and oxygen atoms in total. The summed E-state index contributed by atoms with van der Waals surface area (Å²) in [5.74, 6) is 0. The predicted molar refractivity (Wildman–Crippen MR) is 70.1 cm³/mol. The quantitative estimate of drug-likeness (QED) is 0.878. The van der Waals surface area contributed by atoms with Crippen LogP contribution in [0.25, 0.3) is 0 Å². The average Bonchev–Trinajstić information content (AvgIpc) is 2.14. The molecule has 1 N–H and O–H groups in total. The number of aliphatic hydroxyl groups is 1. The Hall–Kier alpha value is -0.730. The van der Waals surface area contributed by atoms with Gasteiger partial charge in [-0.3, -0.25) is 0 Å². The standard InChI is InChI=1S/C13H20ClNO/c1-13(2,3)9-15(4)12-6-5-10(8-16)7-11(12)14/h5-7,16H,8-9H2,1-4H3. The highest BCUT2D eigenvalue weighted by molar-refractivity contribution is 6.33. The summed E-state index contributed by atoms with van der Waals surface area (Å²) in [5.41, 5.74) is 2.08. The molecule has 1 aromatic carbocycles. The van der Waals surface area contributed by atoms with E-state index in [4.69, 9.17) is 16.7 Å². The van der Waals surface area contributed by atoms with E-state index in [2.05, 4.69) is 25.7 Å². The summed E-state index contributed by atoms with van der Waals surface area (Å²) in [6, 6.07) is 5.68. The maximum Gasteiger partial charge on any atom is 0.0682 e. The highest BCUT2D eigenvalue weighted by atomic mass is 35.5. The van der Waals surface area contributed by atoms with Crippen LogP contribution in [0, 0.1) is 5.41 Å². The molecule has 0 aliphatic heterocycles. The molecular weight excluding hydrogens is 222 g/mol. The first-order chi connectivity index (χ1) is 7.33. The van der Waals surface area contributed by atoms with Gasteiger partial charge in [0.25, 0.3) is 0 Å². The first-order valence-electron chi connectivity index (χ1n) is 5.44. The van der Waals surface area contributed by atoms with Crippen molar-refractivity contribution in [1.29, 1.82) is 0 Å². The molecule has 0 spiro atoms. The number of rotatable bonds is 3. The SMILES string of the molecule is CN(CC(C)(C)C)c1ccc(CO)cc1Cl. The van der Waals surface area contributed by atoms with Crippen molar-refractivity contribution in [3.63, 3.8) is 0 Å². The van der Waals surface area contributed by atoms with Crippen LogP contribution in [0.4, 0.5) is 5.69 Å². The van der Waals surface area contributed by atoms with Gasteiger partial charge in [0.15, 0.2) is 0 Å². The van der Waals surface area contributed by atoms with E-state index >= 15 is 0 Å². The molecule has 0 amide bonds. The van der Waals surface area contributed by atoms with Crippen molar-refractivity contribution >= 4 is 17.3 Å². The lowest BCUT2D eigenvalue weighted by atomic mass is 9.96. The van der Waals surface area contributed by atoms with Gasteiger partial charge in [0.2, 0.25) is 0 Å². The number of halogens is 1. The van der Waals surface area contributed by atoms with Gasteiger partial charge >= 0.3 is 0 Å². The minimum Gasteiger partial charge on any atom is -0.392 e. The number of benzene rings is 1. The van der Waals surface area contributed by atoms with Gasteiger partial charge in [0, 0.05) is 13.6 Å². The highest BCUT2D eigenvalue weighted by Gasteiger charge is 2.15. The molecule has 90 valence electrons. The molecule has 0 fully saturated rings. The van der Waals surface area contributed by atoms with E-state index in [1.807, 2.05) is 25.2 Å². The number of nitrogens with zero attached hydrogens (tertiary/aromatic N) is 1. The summed E-state index contributed by atoms with van der Waals surface area (Å²) < 4.78 is 0. The molecule has 0 atom stereocenters. The fourth-order valence-corrected chi connectivity index (χ4v) is 2.10. The van der Waals surface area contributed by atoms with Gasteiger partial charge in [-0.15, -0.1) is 0 Å². The van der Waals surface area contributed by atoms with Crippen molar-refractivity contribution in [2.24, 2.45) is 5.41 Å². The number of anilines is 1. The lowest BCUT2D eigenvalue weighted by Gasteiger charge is -2.29. The summed E-state index contributed by atoms with van der Waals surface area (Å²) >= 11 is 6.18. The fraction of sp³-hybridized carbons (Fsp3) is 0.538. The second-order valence-corrected chi connectivity index (χ2v) is 5.77. The van der Waals surface area contributed by atoms with Crippen LogP contribution in [0.3, 0.4) is 0 Å². The Morgan fingerprint density at radius 2 is 1.94 bits per heavy atom. The second-order valence-electron chi connectivity index (χ2n) is 5.36. The van der Waals surface area contributed by atoms with Crippen LogP contribution in [-0.4, -0.2) is 18.7 Å². The Kier molecular flexibility index (Phi) is 4.22. The molecule has 0 bridgehead atoms. The van der Waals surface area contributed by atoms with Gasteiger partial charge in [-0.05, 0) is 23.1 Å².